The average Bonchev–Trinajstić information content (AvgIpc) is 1.83. The van der Waals surface area contributed by atoms with Crippen molar-refractivity contribution < 1.29 is 0 Å². The van der Waals surface area contributed by atoms with Gasteiger partial charge >= 0.3 is 0 Å². The lowest BCUT2D eigenvalue weighted by Gasteiger charge is -2.28. The third-order valence-corrected chi connectivity index (χ3v) is 2.27. The zero-order chi connectivity index (χ0) is 7.68. The molecule has 1 aromatic rings. The molecule has 0 spiro atoms. The number of rotatable bonds is 1. The summed E-state index contributed by atoms with van der Waals surface area (Å²) < 4.78 is 0. The van der Waals surface area contributed by atoms with E-state index in [1.807, 2.05) is 0 Å². The maximum absolute atomic E-state index is 3.39. The molecule has 0 unspecified atom stereocenters. The number of benzene rings is 1. The predicted octanol–water partition coefficient (Wildman–Crippen LogP) is 2.03. The van der Waals surface area contributed by atoms with Crippen LogP contribution in [0.25, 0.3) is 0 Å². The summed E-state index contributed by atoms with van der Waals surface area (Å²) in [5, 5.41) is 3.39. The van der Waals surface area contributed by atoms with E-state index in [0.29, 0.717) is 6.04 Å². The summed E-state index contributed by atoms with van der Waals surface area (Å²) in [6.07, 6.45) is 1.30. The predicted molar refractivity (Wildman–Crippen MR) is 46.5 cm³/mol. The highest BCUT2D eigenvalue weighted by molar-refractivity contribution is 5.26. The van der Waals surface area contributed by atoms with E-state index in [2.05, 4.69) is 36.5 Å². The molecule has 2 rings (SSSR count). The number of hydrogen-bond donors (Lipinski definition) is 1. The first-order valence-electron chi connectivity index (χ1n) is 4.16. The first kappa shape index (κ1) is 6.86. The Hall–Kier alpha value is -0.820. The molecular formula is C10H13N. The highest BCUT2D eigenvalue weighted by atomic mass is 15.0. The minimum Gasteiger partial charge on any atom is -0.310 e. The smallest absolute Gasteiger partial charge is 0.0332 e. The molecule has 1 aliphatic rings. The van der Waals surface area contributed by atoms with E-state index in [9.17, 15) is 0 Å². The van der Waals surface area contributed by atoms with Crippen molar-refractivity contribution in [1.82, 2.24) is 5.32 Å². The molecule has 1 N–H and O–H groups in total. The SMILES string of the molecule is Cc1cccc([C@@H]2CCN2)c1. The van der Waals surface area contributed by atoms with Gasteiger partial charge in [0.1, 0.15) is 0 Å². The fourth-order valence-electron chi connectivity index (χ4n) is 1.46. The van der Waals surface area contributed by atoms with Crippen LogP contribution < -0.4 is 5.32 Å². The maximum atomic E-state index is 3.39. The minimum absolute atomic E-state index is 0.634. The molecule has 1 atom stereocenters. The van der Waals surface area contributed by atoms with Gasteiger partial charge in [0.15, 0.2) is 0 Å². The Labute approximate surface area is 67.4 Å². The van der Waals surface area contributed by atoms with Crippen molar-refractivity contribution in [2.45, 2.75) is 19.4 Å². The zero-order valence-electron chi connectivity index (χ0n) is 6.80. The van der Waals surface area contributed by atoms with Crippen molar-refractivity contribution in [3.05, 3.63) is 35.4 Å². The second-order valence-electron chi connectivity index (χ2n) is 3.21. The summed E-state index contributed by atoms with van der Waals surface area (Å²) in [6, 6.07) is 9.36. The molecule has 0 aliphatic carbocycles. The van der Waals surface area contributed by atoms with Crippen molar-refractivity contribution in [1.29, 1.82) is 0 Å². The van der Waals surface area contributed by atoms with Crippen LogP contribution in [0.15, 0.2) is 24.3 Å². The lowest BCUT2D eigenvalue weighted by atomic mass is 9.97. The van der Waals surface area contributed by atoms with Crippen LogP contribution in [0.5, 0.6) is 0 Å². The Morgan fingerprint density at radius 2 is 2.27 bits per heavy atom. The molecule has 58 valence electrons. The quantitative estimate of drug-likeness (QED) is 0.641. The standard InChI is InChI=1S/C10H13N/c1-8-3-2-4-9(7-8)10-5-6-11-10/h2-4,7,10-11H,5-6H2,1H3/t10-/m0/s1. The van der Waals surface area contributed by atoms with Gasteiger partial charge in [0.25, 0.3) is 0 Å². The van der Waals surface area contributed by atoms with Crippen molar-refractivity contribution in [3.63, 3.8) is 0 Å². The van der Waals surface area contributed by atoms with Crippen LogP contribution in [0.1, 0.15) is 23.6 Å². The van der Waals surface area contributed by atoms with Crippen LogP contribution in [0.3, 0.4) is 0 Å². The molecule has 0 aromatic heterocycles. The van der Waals surface area contributed by atoms with E-state index < -0.39 is 0 Å². The lowest BCUT2D eigenvalue weighted by molar-refractivity contribution is 0.383. The van der Waals surface area contributed by atoms with Gasteiger partial charge in [-0.05, 0) is 25.5 Å². The zero-order valence-corrected chi connectivity index (χ0v) is 6.80. The Balaban J connectivity index is 2.23. The van der Waals surface area contributed by atoms with E-state index in [1.165, 1.54) is 24.1 Å². The molecule has 1 nitrogen and oxygen atoms in total. The molecule has 1 fully saturated rings. The van der Waals surface area contributed by atoms with Crippen LogP contribution in [-0.4, -0.2) is 6.54 Å². The van der Waals surface area contributed by atoms with Crippen LogP contribution in [0.4, 0.5) is 0 Å². The third-order valence-electron chi connectivity index (χ3n) is 2.27. The molecule has 1 aliphatic heterocycles. The lowest BCUT2D eigenvalue weighted by Crippen LogP contribution is -2.34. The van der Waals surface area contributed by atoms with Gasteiger partial charge in [0.05, 0.1) is 0 Å². The molecule has 0 saturated carbocycles. The summed E-state index contributed by atoms with van der Waals surface area (Å²) in [4.78, 5) is 0. The van der Waals surface area contributed by atoms with Crippen molar-refractivity contribution in [2.75, 3.05) is 6.54 Å². The second-order valence-corrected chi connectivity index (χ2v) is 3.21. The summed E-state index contributed by atoms with van der Waals surface area (Å²) in [5.74, 6) is 0. The second kappa shape index (κ2) is 2.67. The Morgan fingerprint density at radius 3 is 2.82 bits per heavy atom. The minimum atomic E-state index is 0.634. The van der Waals surface area contributed by atoms with Gasteiger partial charge in [0.2, 0.25) is 0 Å². The molecule has 1 aromatic carbocycles. The maximum Gasteiger partial charge on any atom is 0.0332 e. The first-order chi connectivity index (χ1) is 5.36. The number of hydrogen-bond acceptors (Lipinski definition) is 1. The van der Waals surface area contributed by atoms with Gasteiger partial charge in [-0.25, -0.2) is 0 Å². The van der Waals surface area contributed by atoms with Gasteiger partial charge < -0.3 is 5.32 Å². The van der Waals surface area contributed by atoms with Gasteiger partial charge in [0, 0.05) is 6.04 Å². The number of aryl methyl sites for hydroxylation is 1. The number of nitrogens with one attached hydrogen (secondary N) is 1. The monoisotopic (exact) mass is 147 g/mol. The van der Waals surface area contributed by atoms with E-state index in [4.69, 9.17) is 0 Å². The fraction of sp³-hybridized carbons (Fsp3) is 0.400. The third kappa shape index (κ3) is 1.29. The fourth-order valence-corrected chi connectivity index (χ4v) is 1.46. The van der Waals surface area contributed by atoms with Crippen LogP contribution >= 0.6 is 0 Å². The topological polar surface area (TPSA) is 12.0 Å². The van der Waals surface area contributed by atoms with Gasteiger partial charge in [-0.2, -0.15) is 0 Å². The summed E-state index contributed by atoms with van der Waals surface area (Å²) in [7, 11) is 0. The van der Waals surface area contributed by atoms with E-state index in [-0.39, 0.29) is 0 Å². The molecule has 1 heteroatoms. The average molecular weight is 147 g/mol. The Kier molecular flexibility index (Phi) is 1.66. The summed E-state index contributed by atoms with van der Waals surface area (Å²) in [5.41, 5.74) is 2.80. The highest BCUT2D eigenvalue weighted by Gasteiger charge is 2.17. The van der Waals surface area contributed by atoms with Crippen LogP contribution in [0, 0.1) is 6.92 Å². The summed E-state index contributed by atoms with van der Waals surface area (Å²) in [6.45, 7) is 3.32. The summed E-state index contributed by atoms with van der Waals surface area (Å²) >= 11 is 0. The molecule has 0 bridgehead atoms. The van der Waals surface area contributed by atoms with Gasteiger partial charge in [-0.1, -0.05) is 29.8 Å². The molecule has 0 radical (unpaired) electrons. The van der Waals surface area contributed by atoms with E-state index >= 15 is 0 Å². The largest absolute Gasteiger partial charge is 0.310 e. The molecule has 11 heavy (non-hydrogen) atoms. The molecule has 1 heterocycles. The first-order valence-corrected chi connectivity index (χ1v) is 4.16. The van der Waals surface area contributed by atoms with Crippen molar-refractivity contribution in [3.8, 4) is 0 Å². The Morgan fingerprint density at radius 1 is 1.45 bits per heavy atom. The normalized spacial score (nSPS) is 22.8. The molecule has 1 saturated heterocycles. The van der Waals surface area contributed by atoms with Crippen LogP contribution in [-0.2, 0) is 0 Å². The van der Waals surface area contributed by atoms with E-state index in [0.717, 1.165) is 0 Å². The van der Waals surface area contributed by atoms with E-state index in [1.54, 1.807) is 0 Å². The molecule has 0 amide bonds. The van der Waals surface area contributed by atoms with Crippen LogP contribution in [0.2, 0.25) is 0 Å². The van der Waals surface area contributed by atoms with Crippen molar-refractivity contribution in [2.24, 2.45) is 0 Å². The Bertz CT molecular complexity index is 251. The molecular weight excluding hydrogens is 134 g/mol. The highest BCUT2D eigenvalue weighted by Crippen LogP contribution is 2.22. The van der Waals surface area contributed by atoms with Gasteiger partial charge in [-0.3, -0.25) is 0 Å². The van der Waals surface area contributed by atoms with Crippen molar-refractivity contribution >= 4 is 0 Å². The van der Waals surface area contributed by atoms with Gasteiger partial charge in [-0.15, -0.1) is 0 Å².